The third kappa shape index (κ3) is 6.79. The summed E-state index contributed by atoms with van der Waals surface area (Å²) < 4.78 is 17.9. The number of carbonyl (C=O) groups excluding carboxylic acids is 2. The second-order valence-corrected chi connectivity index (χ2v) is 9.20. The van der Waals surface area contributed by atoms with Crippen LogP contribution in [0.15, 0.2) is 67.2 Å². The lowest BCUT2D eigenvalue weighted by Gasteiger charge is -2.10. The molecule has 0 saturated carbocycles. The summed E-state index contributed by atoms with van der Waals surface area (Å²) in [5, 5.41) is 4.50. The van der Waals surface area contributed by atoms with E-state index in [2.05, 4.69) is 65.0 Å². The number of hydrogen-bond donors (Lipinski definition) is 1. The Balaban J connectivity index is 1.65. The Kier molecular flexibility index (Phi) is 8.52. The molecule has 1 N–H and O–H groups in total. The van der Waals surface area contributed by atoms with Gasteiger partial charge in [0.05, 0.1) is 20.5 Å². The van der Waals surface area contributed by atoms with Gasteiger partial charge in [-0.1, -0.05) is 27.5 Å². The summed E-state index contributed by atoms with van der Waals surface area (Å²) in [7, 11) is 0. The van der Waals surface area contributed by atoms with Crippen LogP contribution in [0.4, 0.5) is 0 Å². The van der Waals surface area contributed by atoms with Gasteiger partial charge in [0.1, 0.15) is 5.75 Å². The minimum atomic E-state index is -0.669. The van der Waals surface area contributed by atoms with Gasteiger partial charge in [0.2, 0.25) is 5.76 Å². The summed E-state index contributed by atoms with van der Waals surface area (Å²) in [6.07, 6.45) is 2.72. The number of hydrazone groups is 1. The summed E-state index contributed by atoms with van der Waals surface area (Å²) >= 11 is 14.7. The number of amides is 1. The maximum Gasteiger partial charge on any atom is 0.379 e. The Morgan fingerprint density at radius 3 is 2.74 bits per heavy atom. The molecule has 11 heteroatoms. The third-order valence-corrected chi connectivity index (χ3v) is 5.72. The van der Waals surface area contributed by atoms with Crippen LogP contribution < -0.4 is 14.9 Å². The summed E-state index contributed by atoms with van der Waals surface area (Å²) in [4.78, 5) is 24.3. The Labute approximate surface area is 212 Å². The maximum absolute atomic E-state index is 12.2. The lowest BCUT2D eigenvalue weighted by atomic mass is 10.2. The molecule has 31 heavy (non-hydrogen) atoms. The fraction of sp³-hybridized carbons (Fsp3) is 0.0500. The molecule has 3 aromatic rings. The highest BCUT2D eigenvalue weighted by Gasteiger charge is 2.17. The van der Waals surface area contributed by atoms with Crippen molar-refractivity contribution in [2.24, 2.45) is 5.10 Å². The van der Waals surface area contributed by atoms with Gasteiger partial charge in [0.25, 0.3) is 5.91 Å². The van der Waals surface area contributed by atoms with E-state index in [0.29, 0.717) is 25.3 Å². The fourth-order valence-corrected chi connectivity index (χ4v) is 4.63. The monoisotopic (exact) mass is 680 g/mol. The van der Waals surface area contributed by atoms with E-state index in [1.54, 1.807) is 36.4 Å². The van der Waals surface area contributed by atoms with E-state index in [0.717, 1.165) is 3.57 Å². The highest BCUT2D eigenvalue weighted by molar-refractivity contribution is 14.1. The number of hydrogen-bond acceptors (Lipinski definition) is 6. The van der Waals surface area contributed by atoms with Crippen LogP contribution in [0.25, 0.3) is 0 Å². The van der Waals surface area contributed by atoms with Gasteiger partial charge in [-0.15, -0.1) is 0 Å². The first-order chi connectivity index (χ1) is 14.8. The van der Waals surface area contributed by atoms with Crippen molar-refractivity contribution < 1.29 is 23.5 Å². The molecular formula is C20H12Br2ClIN2O5. The molecule has 2 aromatic carbocycles. The van der Waals surface area contributed by atoms with E-state index in [9.17, 15) is 9.59 Å². The lowest BCUT2D eigenvalue weighted by molar-refractivity contribution is -0.123. The van der Waals surface area contributed by atoms with Crippen molar-refractivity contribution in [2.45, 2.75) is 0 Å². The van der Waals surface area contributed by atoms with Gasteiger partial charge in [-0.3, -0.25) is 4.79 Å². The molecule has 0 aliphatic carbocycles. The molecule has 0 aliphatic rings. The Morgan fingerprint density at radius 1 is 1.23 bits per heavy atom. The number of nitrogens with one attached hydrogen (secondary N) is 1. The standard InChI is InChI=1S/C20H12Br2ClIN2O5/c21-12-6-11(19(14(22)7-12)31-20(28)17-2-1-5-29-17)9-25-26-18(27)10-30-16-4-3-13(23)8-15(16)24/h1-9H,10H2,(H,26,27)/b25-9+. The van der Waals surface area contributed by atoms with Crippen LogP contribution in [0.5, 0.6) is 11.5 Å². The molecule has 0 atom stereocenters. The molecule has 0 saturated heterocycles. The predicted molar refractivity (Wildman–Crippen MR) is 131 cm³/mol. The number of carbonyl (C=O) groups is 2. The van der Waals surface area contributed by atoms with E-state index in [4.69, 9.17) is 25.5 Å². The number of benzene rings is 2. The van der Waals surface area contributed by atoms with E-state index < -0.39 is 11.9 Å². The van der Waals surface area contributed by atoms with Gasteiger partial charge >= 0.3 is 5.97 Å². The molecule has 160 valence electrons. The van der Waals surface area contributed by atoms with Crippen molar-refractivity contribution >= 4 is 84.1 Å². The van der Waals surface area contributed by atoms with Crippen molar-refractivity contribution in [2.75, 3.05) is 6.61 Å². The van der Waals surface area contributed by atoms with Crippen LogP contribution in [0.3, 0.4) is 0 Å². The number of ether oxygens (including phenoxy) is 2. The highest BCUT2D eigenvalue weighted by atomic mass is 127. The first kappa shape index (κ1) is 23.8. The predicted octanol–water partition coefficient (Wildman–Crippen LogP) is 5.81. The smallest absolute Gasteiger partial charge is 0.379 e. The fourth-order valence-electron chi connectivity index (χ4n) is 2.26. The molecule has 7 nitrogen and oxygen atoms in total. The number of halogens is 4. The molecule has 0 unspecified atom stereocenters. The summed E-state index contributed by atoms with van der Waals surface area (Å²) in [6, 6.07) is 11.5. The van der Waals surface area contributed by atoms with Gasteiger partial charge in [-0.2, -0.15) is 5.10 Å². The van der Waals surface area contributed by atoms with Crippen LogP contribution in [-0.4, -0.2) is 24.7 Å². The van der Waals surface area contributed by atoms with Gasteiger partial charge in [0.15, 0.2) is 12.4 Å². The van der Waals surface area contributed by atoms with Gasteiger partial charge in [-0.05, 0) is 81.0 Å². The second-order valence-electron chi connectivity index (χ2n) is 5.83. The lowest BCUT2D eigenvalue weighted by Crippen LogP contribution is -2.24. The summed E-state index contributed by atoms with van der Waals surface area (Å²) in [6.45, 7) is -0.239. The molecule has 0 aliphatic heterocycles. The van der Waals surface area contributed by atoms with E-state index in [-0.39, 0.29) is 18.1 Å². The third-order valence-electron chi connectivity index (χ3n) is 3.60. The minimum absolute atomic E-state index is 0.0555. The van der Waals surface area contributed by atoms with Gasteiger partial charge in [0, 0.05) is 15.1 Å². The van der Waals surface area contributed by atoms with Crippen molar-refractivity contribution in [3.8, 4) is 11.5 Å². The van der Waals surface area contributed by atoms with Crippen LogP contribution >= 0.6 is 66.1 Å². The number of rotatable bonds is 7. The average molecular weight is 682 g/mol. The topological polar surface area (TPSA) is 90.1 Å². The number of esters is 1. The molecule has 0 radical (unpaired) electrons. The molecule has 3 rings (SSSR count). The first-order valence-electron chi connectivity index (χ1n) is 8.48. The first-order valence-corrected chi connectivity index (χ1v) is 11.5. The van der Waals surface area contributed by atoms with Crippen molar-refractivity contribution in [1.29, 1.82) is 0 Å². The van der Waals surface area contributed by atoms with Crippen LogP contribution in [0.2, 0.25) is 5.02 Å². The number of nitrogens with zero attached hydrogens (tertiary/aromatic N) is 1. The zero-order chi connectivity index (χ0) is 22.4. The van der Waals surface area contributed by atoms with Crippen molar-refractivity contribution in [1.82, 2.24) is 5.43 Å². The molecule has 0 bridgehead atoms. The molecule has 1 heterocycles. The Hall–Kier alpha value is -1.89. The highest BCUT2D eigenvalue weighted by Crippen LogP contribution is 2.32. The molecule has 0 spiro atoms. The van der Waals surface area contributed by atoms with Crippen LogP contribution in [0, 0.1) is 3.57 Å². The van der Waals surface area contributed by atoms with Crippen molar-refractivity contribution in [3.05, 3.63) is 77.6 Å². The SMILES string of the molecule is O=C(COc1ccc(Cl)cc1I)N/N=C/c1cc(Br)cc(Br)c1OC(=O)c1ccco1. The summed E-state index contributed by atoms with van der Waals surface area (Å²) in [5.74, 6) is -0.329. The minimum Gasteiger partial charge on any atom is -0.483 e. The average Bonchev–Trinajstić information content (AvgIpc) is 3.24. The van der Waals surface area contributed by atoms with E-state index in [1.807, 2.05) is 0 Å². The zero-order valence-electron chi connectivity index (χ0n) is 15.4. The zero-order valence-corrected chi connectivity index (χ0v) is 21.5. The molecular weight excluding hydrogens is 670 g/mol. The van der Waals surface area contributed by atoms with Gasteiger partial charge in [-0.25, -0.2) is 10.2 Å². The quantitative estimate of drug-likeness (QED) is 0.112. The number of furan rings is 1. The summed E-state index contributed by atoms with van der Waals surface area (Å²) in [5.41, 5.74) is 2.81. The molecule has 1 aromatic heterocycles. The Morgan fingerprint density at radius 2 is 2.03 bits per heavy atom. The molecule has 0 fully saturated rings. The van der Waals surface area contributed by atoms with Crippen molar-refractivity contribution in [3.63, 3.8) is 0 Å². The second kappa shape index (κ2) is 11.1. The van der Waals surface area contributed by atoms with E-state index in [1.165, 1.54) is 18.5 Å². The Bertz CT molecular complexity index is 1140. The van der Waals surface area contributed by atoms with Gasteiger partial charge < -0.3 is 13.9 Å². The largest absolute Gasteiger partial charge is 0.483 e. The normalized spacial score (nSPS) is 10.8. The van der Waals surface area contributed by atoms with Crippen LogP contribution in [-0.2, 0) is 4.79 Å². The van der Waals surface area contributed by atoms with E-state index >= 15 is 0 Å². The van der Waals surface area contributed by atoms with Crippen LogP contribution in [0.1, 0.15) is 16.1 Å². The maximum atomic E-state index is 12.2. The molecule has 1 amide bonds.